The van der Waals surface area contributed by atoms with Crippen LogP contribution in [0.4, 0.5) is 5.95 Å². The number of pyridine rings is 1. The second kappa shape index (κ2) is 9.09. The largest absolute Gasteiger partial charge is 0.497 e. The van der Waals surface area contributed by atoms with Crippen LogP contribution in [0.1, 0.15) is 15.9 Å². The molecule has 2 aliphatic rings. The first-order valence-electron chi connectivity index (χ1n) is 13.2. The number of methoxy groups -OCH3 is 1. The fourth-order valence-electron chi connectivity index (χ4n) is 6.18. The molecule has 39 heavy (non-hydrogen) atoms. The Kier molecular flexibility index (Phi) is 5.52. The number of H-pyrrole nitrogens is 1. The van der Waals surface area contributed by atoms with Crippen molar-refractivity contribution in [3.05, 3.63) is 76.1 Å². The van der Waals surface area contributed by atoms with E-state index in [1.807, 2.05) is 52.9 Å². The van der Waals surface area contributed by atoms with E-state index in [4.69, 9.17) is 9.72 Å². The Balaban J connectivity index is 1.31. The number of anilines is 1. The topological polar surface area (TPSA) is 108 Å². The number of nitrogens with zero attached hydrogens (tertiary/aromatic N) is 5. The lowest BCUT2D eigenvalue weighted by Gasteiger charge is -2.19. The third kappa shape index (κ3) is 3.90. The molecule has 7 rings (SSSR count). The Morgan fingerprint density at radius 1 is 1.08 bits per heavy atom. The monoisotopic (exact) mass is 523 g/mol. The van der Waals surface area contributed by atoms with Gasteiger partial charge in [-0.2, -0.15) is 4.98 Å². The molecule has 2 unspecified atom stereocenters. The number of para-hydroxylation sites is 2. The molecule has 2 aromatic carbocycles. The predicted octanol–water partition coefficient (Wildman–Crippen LogP) is 2.66. The smallest absolute Gasteiger partial charge is 0.259 e. The number of carbonyl (C=O) groups excluding carboxylic acids is 1. The number of hydrogen-bond donors (Lipinski definition) is 2. The molecule has 2 atom stereocenters. The van der Waals surface area contributed by atoms with Crippen molar-refractivity contribution in [2.45, 2.75) is 6.54 Å². The average molecular weight is 524 g/mol. The standard InChI is InChI=1S/C29H29N7O3/c1-34-13-18-15-35(16-19(18)14-34)29-31-12-21-25(37)24(28(38)30-11-17-7-9-20(39-2)10-8-17)27-32-22-5-3-4-6-23(22)36(27)26(21)33-29/h3-10,12,18-19,32H,11,13-16H2,1-2H3,(H,30,38). The number of likely N-dealkylation sites (tertiary alicyclic amines) is 1. The summed E-state index contributed by atoms with van der Waals surface area (Å²) in [4.78, 5) is 44.7. The van der Waals surface area contributed by atoms with Crippen molar-refractivity contribution in [2.75, 3.05) is 45.2 Å². The maximum Gasteiger partial charge on any atom is 0.259 e. The van der Waals surface area contributed by atoms with Crippen molar-refractivity contribution < 1.29 is 9.53 Å². The van der Waals surface area contributed by atoms with Crippen LogP contribution >= 0.6 is 0 Å². The molecule has 1 amide bonds. The first-order chi connectivity index (χ1) is 19.0. The van der Waals surface area contributed by atoms with Gasteiger partial charge in [0.05, 0.1) is 23.5 Å². The second-order valence-electron chi connectivity index (χ2n) is 10.6. The Labute approximate surface area is 224 Å². The van der Waals surface area contributed by atoms with Gasteiger partial charge in [0.2, 0.25) is 11.4 Å². The van der Waals surface area contributed by atoms with E-state index < -0.39 is 11.3 Å². The van der Waals surface area contributed by atoms with Gasteiger partial charge in [-0.05, 0) is 48.7 Å². The van der Waals surface area contributed by atoms with Gasteiger partial charge in [0.1, 0.15) is 17.0 Å². The molecule has 0 spiro atoms. The molecule has 198 valence electrons. The number of rotatable bonds is 5. The van der Waals surface area contributed by atoms with E-state index in [2.05, 4.69) is 32.1 Å². The van der Waals surface area contributed by atoms with Gasteiger partial charge < -0.3 is 24.8 Å². The van der Waals surface area contributed by atoms with Gasteiger partial charge in [-0.15, -0.1) is 0 Å². The van der Waals surface area contributed by atoms with Crippen LogP contribution in [0.2, 0.25) is 0 Å². The maximum absolute atomic E-state index is 13.8. The van der Waals surface area contributed by atoms with E-state index in [9.17, 15) is 9.59 Å². The van der Waals surface area contributed by atoms with Crippen LogP contribution in [0.25, 0.3) is 27.7 Å². The first-order valence-corrected chi connectivity index (χ1v) is 13.2. The van der Waals surface area contributed by atoms with Crippen LogP contribution in [0.15, 0.2) is 59.5 Å². The summed E-state index contributed by atoms with van der Waals surface area (Å²) < 4.78 is 7.09. The van der Waals surface area contributed by atoms with Crippen molar-refractivity contribution in [3.8, 4) is 5.75 Å². The van der Waals surface area contributed by atoms with Gasteiger partial charge >= 0.3 is 0 Å². The summed E-state index contributed by atoms with van der Waals surface area (Å²) in [5.41, 5.74) is 3.12. The van der Waals surface area contributed by atoms with Crippen molar-refractivity contribution in [3.63, 3.8) is 0 Å². The summed E-state index contributed by atoms with van der Waals surface area (Å²) in [6, 6.07) is 15.2. The molecule has 5 heterocycles. The predicted molar refractivity (Wildman–Crippen MR) is 149 cm³/mol. The molecule has 0 aliphatic carbocycles. The normalized spacial score (nSPS) is 19.3. The Morgan fingerprint density at radius 2 is 1.82 bits per heavy atom. The van der Waals surface area contributed by atoms with Crippen LogP contribution in [0, 0.1) is 11.8 Å². The zero-order chi connectivity index (χ0) is 26.7. The van der Waals surface area contributed by atoms with Crippen molar-refractivity contribution in [2.24, 2.45) is 11.8 Å². The lowest BCUT2D eigenvalue weighted by Crippen LogP contribution is -2.30. The molecule has 3 aromatic heterocycles. The Bertz CT molecular complexity index is 1780. The van der Waals surface area contributed by atoms with E-state index in [1.54, 1.807) is 13.3 Å². The molecule has 2 fully saturated rings. The highest BCUT2D eigenvalue weighted by molar-refractivity contribution is 6.05. The third-order valence-corrected chi connectivity index (χ3v) is 8.09. The van der Waals surface area contributed by atoms with Gasteiger partial charge in [0.25, 0.3) is 5.91 Å². The van der Waals surface area contributed by atoms with Gasteiger partial charge in [-0.1, -0.05) is 24.3 Å². The van der Waals surface area contributed by atoms with Crippen LogP contribution in [-0.2, 0) is 6.54 Å². The van der Waals surface area contributed by atoms with E-state index >= 15 is 0 Å². The molecule has 0 radical (unpaired) electrons. The fourth-order valence-corrected chi connectivity index (χ4v) is 6.18. The van der Waals surface area contributed by atoms with Crippen LogP contribution in [0.5, 0.6) is 5.75 Å². The molecule has 2 N–H and O–H groups in total. The van der Waals surface area contributed by atoms with Crippen LogP contribution in [0.3, 0.4) is 0 Å². The molecule has 2 saturated heterocycles. The molecular weight excluding hydrogens is 494 g/mol. The summed E-state index contributed by atoms with van der Waals surface area (Å²) in [6.45, 7) is 4.23. The number of hydrogen-bond acceptors (Lipinski definition) is 7. The zero-order valence-corrected chi connectivity index (χ0v) is 21.8. The number of imidazole rings is 1. The molecule has 0 saturated carbocycles. The minimum absolute atomic E-state index is 0.0438. The third-order valence-electron chi connectivity index (χ3n) is 8.09. The zero-order valence-electron chi connectivity index (χ0n) is 21.8. The summed E-state index contributed by atoms with van der Waals surface area (Å²) in [5, 5.41) is 3.23. The molecule has 0 bridgehead atoms. The number of fused-ring (bicyclic) bond motifs is 6. The number of aromatic amines is 1. The molecule has 10 heteroatoms. The van der Waals surface area contributed by atoms with Gasteiger partial charge in [-0.3, -0.25) is 14.0 Å². The minimum Gasteiger partial charge on any atom is -0.497 e. The number of carbonyl (C=O) groups is 1. The van der Waals surface area contributed by atoms with Crippen molar-refractivity contribution in [1.29, 1.82) is 0 Å². The highest BCUT2D eigenvalue weighted by atomic mass is 16.5. The van der Waals surface area contributed by atoms with E-state index in [-0.39, 0.29) is 12.1 Å². The fraction of sp³-hybridized carbons (Fsp3) is 0.310. The summed E-state index contributed by atoms with van der Waals surface area (Å²) in [7, 11) is 3.78. The lowest BCUT2D eigenvalue weighted by atomic mass is 10.0. The summed E-state index contributed by atoms with van der Waals surface area (Å²) in [6.07, 6.45) is 1.58. The highest BCUT2D eigenvalue weighted by Crippen LogP contribution is 2.32. The van der Waals surface area contributed by atoms with Crippen molar-refractivity contribution in [1.82, 2.24) is 29.6 Å². The molecular formula is C29H29N7O3. The average Bonchev–Trinajstić information content (AvgIpc) is 3.63. The van der Waals surface area contributed by atoms with Gasteiger partial charge in [0, 0.05) is 38.9 Å². The number of ether oxygens (including phenoxy) is 1. The number of benzene rings is 2. The van der Waals surface area contributed by atoms with Crippen molar-refractivity contribution >= 4 is 39.6 Å². The highest BCUT2D eigenvalue weighted by Gasteiger charge is 2.39. The van der Waals surface area contributed by atoms with E-state index in [1.165, 1.54) is 0 Å². The summed E-state index contributed by atoms with van der Waals surface area (Å²) in [5.74, 6) is 2.10. The van der Waals surface area contributed by atoms with E-state index in [0.29, 0.717) is 34.5 Å². The van der Waals surface area contributed by atoms with E-state index in [0.717, 1.165) is 48.5 Å². The second-order valence-corrected chi connectivity index (χ2v) is 10.6. The molecule has 2 aliphatic heterocycles. The SMILES string of the molecule is COc1ccc(CNC(=O)c2c(=O)c3cnc(N4CC5CN(C)CC5C4)nc3n3c2[nH]c2ccccc23)cc1. The minimum atomic E-state index is -0.456. The molecule has 5 aromatic rings. The van der Waals surface area contributed by atoms with Gasteiger partial charge in [0.15, 0.2) is 5.65 Å². The maximum atomic E-state index is 13.8. The van der Waals surface area contributed by atoms with Crippen LogP contribution < -0.4 is 20.4 Å². The lowest BCUT2D eigenvalue weighted by molar-refractivity contribution is 0.0951. The molecule has 10 nitrogen and oxygen atoms in total. The quantitative estimate of drug-likeness (QED) is 0.365. The number of amides is 1. The van der Waals surface area contributed by atoms with Gasteiger partial charge in [-0.25, -0.2) is 4.98 Å². The first kappa shape index (κ1) is 23.7. The Hall–Kier alpha value is -4.44. The Morgan fingerprint density at radius 3 is 2.56 bits per heavy atom. The number of nitrogens with one attached hydrogen (secondary N) is 2. The number of aromatic nitrogens is 4. The summed E-state index contributed by atoms with van der Waals surface area (Å²) >= 11 is 0. The van der Waals surface area contributed by atoms with Crippen LogP contribution in [-0.4, -0.2) is 70.5 Å².